The monoisotopic (exact) mass is 393 g/mol. The summed E-state index contributed by atoms with van der Waals surface area (Å²) >= 11 is 1.50. The van der Waals surface area contributed by atoms with Crippen LogP contribution in [0.1, 0.15) is 35.8 Å². The Morgan fingerprint density at radius 1 is 1.30 bits per heavy atom. The van der Waals surface area contributed by atoms with Crippen LogP contribution in [0, 0.1) is 19.8 Å². The van der Waals surface area contributed by atoms with Gasteiger partial charge in [0.25, 0.3) is 0 Å². The number of carbonyl (C=O) groups is 3. The van der Waals surface area contributed by atoms with Gasteiger partial charge in [-0.25, -0.2) is 4.98 Å². The molecule has 0 spiro atoms. The van der Waals surface area contributed by atoms with E-state index in [0.29, 0.717) is 19.6 Å². The van der Waals surface area contributed by atoms with Gasteiger partial charge in [0.15, 0.2) is 0 Å². The Labute approximate surface area is 163 Å². The smallest absolute Gasteiger partial charge is 0.239 e. The molecule has 0 bridgehead atoms. The number of aryl methyl sites for hydroxylation is 2. The van der Waals surface area contributed by atoms with Gasteiger partial charge in [0, 0.05) is 30.2 Å². The predicted molar refractivity (Wildman–Crippen MR) is 104 cm³/mol. The molecule has 2 atom stereocenters. The van der Waals surface area contributed by atoms with Gasteiger partial charge in [-0.2, -0.15) is 0 Å². The number of nitrogens with one attached hydrogen (secondary N) is 2. The maximum absolute atomic E-state index is 12.2. The first-order valence-corrected chi connectivity index (χ1v) is 9.73. The van der Waals surface area contributed by atoms with E-state index < -0.39 is 5.92 Å². The average Bonchev–Trinajstić information content (AvgIpc) is 3.27. The summed E-state index contributed by atoms with van der Waals surface area (Å²) in [5.41, 5.74) is 1.34. The van der Waals surface area contributed by atoms with Crippen LogP contribution in [0.3, 0.4) is 0 Å². The normalized spacial score (nSPS) is 19.3. The van der Waals surface area contributed by atoms with Crippen molar-refractivity contribution in [2.75, 3.05) is 19.7 Å². The fraction of sp³-hybridized carbons (Fsp3) is 0.579. The molecule has 0 saturated carbocycles. The molecule has 2 amide bonds. The standard InChI is InChI=1S/C19H27N3O4S/c1-11(6-15(23)7-16-13(3)22-14(4)27-16)18(25)21-9-17(24)20-8-12(2)19(5)10-26-19/h11H,2,6-10H2,1,3-5H3,(H,20,24)(H,21,25)/t11-,19-/m1/s1. The summed E-state index contributed by atoms with van der Waals surface area (Å²) in [7, 11) is 0. The highest BCUT2D eigenvalue weighted by molar-refractivity contribution is 7.11. The molecule has 148 valence electrons. The minimum atomic E-state index is -0.492. The fourth-order valence-electron chi connectivity index (χ4n) is 2.53. The SMILES string of the molecule is C=C(CNC(=O)CNC(=O)[C@H](C)CC(=O)Cc1sc(C)nc1C)[C@@]1(C)CO1. The lowest BCUT2D eigenvalue weighted by Gasteiger charge is -2.13. The van der Waals surface area contributed by atoms with E-state index in [0.717, 1.165) is 21.2 Å². The Bertz CT molecular complexity index is 752. The van der Waals surface area contributed by atoms with E-state index in [4.69, 9.17) is 4.74 Å². The third-order valence-electron chi connectivity index (χ3n) is 4.59. The highest BCUT2D eigenvalue weighted by Crippen LogP contribution is 2.32. The number of thiazole rings is 1. The Morgan fingerprint density at radius 2 is 1.96 bits per heavy atom. The molecule has 2 heterocycles. The van der Waals surface area contributed by atoms with E-state index in [9.17, 15) is 14.4 Å². The topological polar surface area (TPSA) is 101 Å². The number of Topliss-reactive ketones (excluding diaryl/α,β-unsaturated/α-hetero) is 1. The molecular formula is C19H27N3O4S. The van der Waals surface area contributed by atoms with E-state index in [1.165, 1.54) is 11.3 Å². The third kappa shape index (κ3) is 6.25. The average molecular weight is 394 g/mol. The number of hydrogen-bond acceptors (Lipinski definition) is 6. The number of hydrogen-bond donors (Lipinski definition) is 2. The first-order chi connectivity index (χ1) is 12.6. The van der Waals surface area contributed by atoms with E-state index in [1.807, 2.05) is 20.8 Å². The van der Waals surface area contributed by atoms with Crippen molar-refractivity contribution in [1.82, 2.24) is 15.6 Å². The summed E-state index contributed by atoms with van der Waals surface area (Å²) in [6.45, 7) is 12.1. The largest absolute Gasteiger partial charge is 0.365 e. The van der Waals surface area contributed by atoms with Crippen molar-refractivity contribution in [1.29, 1.82) is 0 Å². The molecule has 1 fully saturated rings. The molecule has 1 aromatic heterocycles. The minimum Gasteiger partial charge on any atom is -0.365 e. The molecule has 1 aliphatic rings. The van der Waals surface area contributed by atoms with Gasteiger partial charge < -0.3 is 15.4 Å². The lowest BCUT2D eigenvalue weighted by molar-refractivity contribution is -0.130. The molecule has 27 heavy (non-hydrogen) atoms. The summed E-state index contributed by atoms with van der Waals surface area (Å²) in [6.07, 6.45) is 0.425. The van der Waals surface area contributed by atoms with E-state index in [2.05, 4.69) is 22.2 Å². The second-order valence-corrected chi connectivity index (χ2v) is 8.47. The molecule has 0 aromatic carbocycles. The van der Waals surface area contributed by atoms with Crippen molar-refractivity contribution in [3.63, 3.8) is 0 Å². The Morgan fingerprint density at radius 3 is 2.52 bits per heavy atom. The highest BCUT2D eigenvalue weighted by atomic mass is 32.1. The fourth-order valence-corrected chi connectivity index (χ4v) is 3.50. The molecule has 2 N–H and O–H groups in total. The van der Waals surface area contributed by atoms with E-state index in [-0.39, 0.29) is 36.2 Å². The third-order valence-corrected chi connectivity index (χ3v) is 5.66. The van der Waals surface area contributed by atoms with Crippen molar-refractivity contribution in [3.05, 3.63) is 27.7 Å². The van der Waals surface area contributed by atoms with Crippen LogP contribution in [0.2, 0.25) is 0 Å². The van der Waals surface area contributed by atoms with Crippen LogP contribution in [0.15, 0.2) is 12.2 Å². The summed E-state index contributed by atoms with van der Waals surface area (Å²) in [5.74, 6) is -1.12. The van der Waals surface area contributed by atoms with Gasteiger partial charge in [0.1, 0.15) is 11.4 Å². The van der Waals surface area contributed by atoms with Gasteiger partial charge in [0.2, 0.25) is 11.8 Å². The van der Waals surface area contributed by atoms with Gasteiger partial charge in [-0.15, -0.1) is 11.3 Å². The molecular weight excluding hydrogens is 366 g/mol. The van der Waals surface area contributed by atoms with Gasteiger partial charge in [0.05, 0.1) is 23.9 Å². The second kappa shape index (κ2) is 8.75. The quantitative estimate of drug-likeness (QED) is 0.463. The number of epoxide rings is 1. The van der Waals surface area contributed by atoms with Crippen LogP contribution >= 0.6 is 11.3 Å². The van der Waals surface area contributed by atoms with Crippen LogP contribution in [0.4, 0.5) is 0 Å². The molecule has 1 saturated heterocycles. The van der Waals surface area contributed by atoms with Gasteiger partial charge in [-0.1, -0.05) is 13.5 Å². The van der Waals surface area contributed by atoms with E-state index >= 15 is 0 Å². The van der Waals surface area contributed by atoms with Gasteiger partial charge in [-0.3, -0.25) is 14.4 Å². The lowest BCUT2D eigenvalue weighted by atomic mass is 10.0. The highest BCUT2D eigenvalue weighted by Gasteiger charge is 2.41. The first kappa shape index (κ1) is 21.2. The number of rotatable bonds is 10. The van der Waals surface area contributed by atoms with Crippen molar-refractivity contribution in [3.8, 4) is 0 Å². The Hall–Kier alpha value is -2.06. The molecule has 1 aromatic rings. The Balaban J connectivity index is 1.68. The lowest BCUT2D eigenvalue weighted by Crippen LogP contribution is -2.40. The minimum absolute atomic E-state index is 0.0113. The number of amides is 2. The van der Waals surface area contributed by atoms with Gasteiger partial charge >= 0.3 is 0 Å². The van der Waals surface area contributed by atoms with Gasteiger partial charge in [-0.05, 0) is 26.3 Å². The summed E-state index contributed by atoms with van der Waals surface area (Å²) < 4.78 is 5.25. The molecule has 0 unspecified atom stereocenters. The van der Waals surface area contributed by atoms with Crippen LogP contribution in [0.5, 0.6) is 0 Å². The molecule has 7 nitrogen and oxygen atoms in total. The zero-order chi connectivity index (χ0) is 20.2. The molecule has 0 radical (unpaired) electrons. The first-order valence-electron chi connectivity index (χ1n) is 8.92. The van der Waals surface area contributed by atoms with Crippen LogP contribution in [0.25, 0.3) is 0 Å². The number of carbonyl (C=O) groups excluding carboxylic acids is 3. The van der Waals surface area contributed by atoms with Crippen molar-refractivity contribution in [2.24, 2.45) is 5.92 Å². The maximum Gasteiger partial charge on any atom is 0.239 e. The zero-order valence-electron chi connectivity index (χ0n) is 16.3. The number of nitrogens with zero attached hydrogens (tertiary/aromatic N) is 1. The summed E-state index contributed by atoms with van der Waals surface area (Å²) in [6, 6.07) is 0. The van der Waals surface area contributed by atoms with Crippen molar-refractivity contribution >= 4 is 28.9 Å². The number of ether oxygens (including phenoxy) is 1. The molecule has 0 aliphatic carbocycles. The van der Waals surface area contributed by atoms with Crippen LogP contribution in [-0.2, 0) is 25.5 Å². The molecule has 2 rings (SSSR count). The zero-order valence-corrected chi connectivity index (χ0v) is 17.1. The second-order valence-electron chi connectivity index (χ2n) is 7.18. The van der Waals surface area contributed by atoms with Crippen LogP contribution < -0.4 is 10.6 Å². The van der Waals surface area contributed by atoms with Crippen molar-refractivity contribution in [2.45, 2.75) is 46.1 Å². The van der Waals surface area contributed by atoms with Crippen molar-refractivity contribution < 1.29 is 19.1 Å². The maximum atomic E-state index is 12.2. The summed E-state index contributed by atoms with van der Waals surface area (Å²) in [4.78, 5) is 41.4. The number of ketones is 1. The predicted octanol–water partition coefficient (Wildman–Crippen LogP) is 1.48. The van der Waals surface area contributed by atoms with Crippen LogP contribution in [-0.4, -0.2) is 47.9 Å². The molecule has 1 aliphatic heterocycles. The number of aromatic nitrogens is 1. The Kier molecular flexibility index (Phi) is 6.89. The van der Waals surface area contributed by atoms with E-state index in [1.54, 1.807) is 6.92 Å². The molecule has 8 heteroatoms. The summed E-state index contributed by atoms with van der Waals surface area (Å²) in [5, 5.41) is 6.20.